The molecule has 9 nitrogen and oxygen atoms in total. The lowest BCUT2D eigenvalue weighted by Gasteiger charge is -2.24. The van der Waals surface area contributed by atoms with Crippen molar-refractivity contribution in [3.8, 4) is 0 Å². The zero-order valence-corrected chi connectivity index (χ0v) is 11.5. The molecule has 0 bridgehead atoms. The molecule has 0 aromatic carbocycles. The summed E-state index contributed by atoms with van der Waals surface area (Å²) in [4.78, 5) is 33.1. The number of carboxylic acids is 1. The Kier molecular flexibility index (Phi) is 5.31. The van der Waals surface area contributed by atoms with Crippen molar-refractivity contribution in [2.75, 3.05) is 11.5 Å². The molecule has 1 aliphatic heterocycles. The average Bonchev–Trinajstić information content (AvgIpc) is 2.25. The van der Waals surface area contributed by atoms with Crippen molar-refractivity contribution < 1.29 is 27.9 Å². The Morgan fingerprint density at radius 1 is 1.35 bits per heavy atom. The van der Waals surface area contributed by atoms with Gasteiger partial charge in [-0.15, -0.1) is 0 Å². The summed E-state index contributed by atoms with van der Waals surface area (Å²) in [5.41, 5.74) is 4.87. The molecule has 5 N–H and O–H groups in total. The third-order valence-corrected chi connectivity index (χ3v) is 4.63. The van der Waals surface area contributed by atoms with E-state index in [0.29, 0.717) is 12.8 Å². The molecule has 0 spiro atoms. The number of nitrogens with one attached hydrogen (secondary N) is 2. The summed E-state index contributed by atoms with van der Waals surface area (Å²) >= 11 is 0. The number of hydrogen-bond donors (Lipinski definition) is 4. The van der Waals surface area contributed by atoms with Crippen LogP contribution in [0.25, 0.3) is 0 Å². The van der Waals surface area contributed by atoms with Crippen LogP contribution in [0.4, 0.5) is 4.79 Å². The van der Waals surface area contributed by atoms with Gasteiger partial charge in [-0.3, -0.25) is 4.79 Å². The van der Waals surface area contributed by atoms with Crippen LogP contribution < -0.4 is 16.4 Å². The van der Waals surface area contributed by atoms with Crippen molar-refractivity contribution in [1.29, 1.82) is 0 Å². The summed E-state index contributed by atoms with van der Waals surface area (Å²) < 4.78 is 22.8. The molecule has 114 valence electrons. The van der Waals surface area contributed by atoms with Crippen LogP contribution >= 0.6 is 0 Å². The summed E-state index contributed by atoms with van der Waals surface area (Å²) in [6.07, 6.45) is 0.406. The molecule has 2 atom stereocenters. The lowest BCUT2D eigenvalue weighted by atomic mass is 10.2. The van der Waals surface area contributed by atoms with Crippen LogP contribution in [0.2, 0.25) is 0 Å². The van der Waals surface area contributed by atoms with E-state index in [1.807, 2.05) is 0 Å². The van der Waals surface area contributed by atoms with Gasteiger partial charge in [0.15, 0.2) is 9.84 Å². The molecule has 0 aliphatic carbocycles. The van der Waals surface area contributed by atoms with Gasteiger partial charge in [-0.2, -0.15) is 0 Å². The lowest BCUT2D eigenvalue weighted by Crippen LogP contribution is -2.52. The van der Waals surface area contributed by atoms with Crippen molar-refractivity contribution in [3.05, 3.63) is 0 Å². The molecule has 0 saturated carbocycles. The Morgan fingerprint density at radius 3 is 2.50 bits per heavy atom. The lowest BCUT2D eigenvalue weighted by molar-refractivity contribution is -0.140. The molecule has 20 heavy (non-hydrogen) atoms. The number of sulfone groups is 1. The summed E-state index contributed by atoms with van der Waals surface area (Å²) in [7, 11) is -3.17. The van der Waals surface area contributed by atoms with Crippen molar-refractivity contribution in [2.24, 2.45) is 5.73 Å². The number of nitrogens with two attached hydrogens (primary N) is 1. The summed E-state index contributed by atoms with van der Waals surface area (Å²) in [6.45, 7) is 0. The van der Waals surface area contributed by atoms with Gasteiger partial charge in [-0.05, 0) is 12.8 Å². The number of hydrogen-bond acceptors (Lipinski definition) is 5. The Bertz CT molecular complexity index is 503. The molecule has 0 radical (unpaired) electrons. The van der Waals surface area contributed by atoms with E-state index in [-0.39, 0.29) is 11.5 Å². The zero-order valence-electron chi connectivity index (χ0n) is 10.7. The standard InChI is InChI=1S/C10H17N3O6S/c11-8(14)4-7(9(15)16)13-10(17)12-6-2-1-3-20(18,19)5-6/h6-7H,1-5H2,(H2,11,14)(H,15,16)(H2,12,13,17)/t6?,7-/m1/s1. The fraction of sp³-hybridized carbons (Fsp3) is 0.700. The molecule has 1 aliphatic rings. The number of urea groups is 1. The highest BCUT2D eigenvalue weighted by Crippen LogP contribution is 2.11. The summed E-state index contributed by atoms with van der Waals surface area (Å²) in [6, 6.07) is -2.83. The third-order valence-electron chi connectivity index (χ3n) is 2.81. The molecule has 0 aromatic rings. The van der Waals surface area contributed by atoms with Crippen LogP contribution in [-0.2, 0) is 19.4 Å². The number of carboxylic acid groups (broad SMARTS) is 1. The van der Waals surface area contributed by atoms with Crippen molar-refractivity contribution in [3.63, 3.8) is 0 Å². The minimum absolute atomic E-state index is 0.0895. The van der Waals surface area contributed by atoms with Crippen LogP contribution in [0.15, 0.2) is 0 Å². The number of primary amides is 1. The van der Waals surface area contributed by atoms with Gasteiger partial charge < -0.3 is 21.5 Å². The second-order valence-electron chi connectivity index (χ2n) is 4.63. The monoisotopic (exact) mass is 307 g/mol. The van der Waals surface area contributed by atoms with E-state index in [9.17, 15) is 22.8 Å². The highest BCUT2D eigenvalue weighted by atomic mass is 32.2. The molecule has 1 fully saturated rings. The Morgan fingerprint density at radius 2 is 2.00 bits per heavy atom. The molecular weight excluding hydrogens is 290 g/mol. The molecule has 10 heteroatoms. The largest absolute Gasteiger partial charge is 0.480 e. The van der Waals surface area contributed by atoms with Crippen LogP contribution in [0.3, 0.4) is 0 Å². The van der Waals surface area contributed by atoms with Crippen molar-refractivity contribution in [1.82, 2.24) is 10.6 Å². The van der Waals surface area contributed by atoms with Gasteiger partial charge in [0.05, 0.1) is 17.9 Å². The Labute approximate surface area is 115 Å². The summed E-state index contributed by atoms with van der Waals surface area (Å²) in [5, 5.41) is 13.3. The van der Waals surface area contributed by atoms with E-state index in [1.54, 1.807) is 0 Å². The van der Waals surface area contributed by atoms with E-state index in [1.165, 1.54) is 0 Å². The maximum absolute atomic E-state index is 11.6. The van der Waals surface area contributed by atoms with Crippen LogP contribution in [-0.4, -0.2) is 55.0 Å². The zero-order chi connectivity index (χ0) is 15.3. The van der Waals surface area contributed by atoms with Gasteiger partial charge in [0, 0.05) is 6.04 Å². The molecule has 1 unspecified atom stereocenters. The van der Waals surface area contributed by atoms with E-state index in [4.69, 9.17) is 10.8 Å². The molecule has 3 amide bonds. The first-order valence-electron chi connectivity index (χ1n) is 5.98. The molecule has 1 saturated heterocycles. The van der Waals surface area contributed by atoms with Gasteiger partial charge in [-0.1, -0.05) is 0 Å². The second-order valence-corrected chi connectivity index (χ2v) is 6.86. The van der Waals surface area contributed by atoms with Gasteiger partial charge in [0.2, 0.25) is 5.91 Å². The molecule has 1 rings (SSSR count). The first-order chi connectivity index (χ1) is 9.19. The quantitative estimate of drug-likeness (QED) is 0.469. The topological polar surface area (TPSA) is 156 Å². The Balaban J connectivity index is 2.53. The maximum Gasteiger partial charge on any atom is 0.326 e. The Hall–Kier alpha value is -1.84. The second kappa shape index (κ2) is 6.55. The first-order valence-corrected chi connectivity index (χ1v) is 7.80. The van der Waals surface area contributed by atoms with Crippen LogP contribution in [0.5, 0.6) is 0 Å². The fourth-order valence-electron chi connectivity index (χ4n) is 1.92. The maximum atomic E-state index is 11.6. The number of rotatable bonds is 5. The van der Waals surface area contributed by atoms with Crippen LogP contribution in [0.1, 0.15) is 19.3 Å². The van der Waals surface area contributed by atoms with E-state index in [0.717, 1.165) is 0 Å². The smallest absolute Gasteiger partial charge is 0.326 e. The van der Waals surface area contributed by atoms with Gasteiger partial charge in [0.25, 0.3) is 0 Å². The molecule has 1 heterocycles. The van der Waals surface area contributed by atoms with E-state index < -0.39 is 46.2 Å². The molecular formula is C10H17N3O6S. The first kappa shape index (κ1) is 16.2. The van der Waals surface area contributed by atoms with E-state index >= 15 is 0 Å². The number of carbonyl (C=O) groups is 3. The van der Waals surface area contributed by atoms with Gasteiger partial charge in [-0.25, -0.2) is 18.0 Å². The SMILES string of the molecule is NC(=O)C[C@@H](NC(=O)NC1CCCS(=O)(=O)C1)C(=O)O. The normalized spacial score (nSPS) is 22.5. The number of amides is 3. The number of aliphatic carboxylic acids is 1. The van der Waals surface area contributed by atoms with Crippen molar-refractivity contribution in [2.45, 2.75) is 31.3 Å². The van der Waals surface area contributed by atoms with Crippen molar-refractivity contribution >= 4 is 27.7 Å². The number of carbonyl (C=O) groups excluding carboxylic acids is 2. The highest BCUT2D eigenvalue weighted by molar-refractivity contribution is 7.91. The minimum Gasteiger partial charge on any atom is -0.480 e. The molecule has 0 aromatic heterocycles. The fourth-order valence-corrected chi connectivity index (χ4v) is 3.56. The average molecular weight is 307 g/mol. The predicted octanol–water partition coefficient (Wildman–Crippen LogP) is -1.81. The summed E-state index contributed by atoms with van der Waals surface area (Å²) in [5.74, 6) is -2.34. The van der Waals surface area contributed by atoms with E-state index in [2.05, 4.69) is 10.6 Å². The third kappa shape index (κ3) is 5.43. The van der Waals surface area contributed by atoms with Crippen LogP contribution in [0, 0.1) is 0 Å². The highest BCUT2D eigenvalue weighted by Gasteiger charge is 2.28. The van der Waals surface area contributed by atoms with Gasteiger partial charge >= 0.3 is 12.0 Å². The minimum atomic E-state index is -3.17. The predicted molar refractivity (Wildman–Crippen MR) is 68.6 cm³/mol. The van der Waals surface area contributed by atoms with Gasteiger partial charge in [0.1, 0.15) is 6.04 Å².